The van der Waals surface area contributed by atoms with E-state index >= 15 is 0 Å². The molecule has 1 aromatic heterocycles. The van der Waals surface area contributed by atoms with Crippen LogP contribution in [0.5, 0.6) is 0 Å². The Labute approximate surface area is 118 Å². The Morgan fingerprint density at radius 3 is 2.60 bits per heavy atom. The highest BCUT2D eigenvalue weighted by Crippen LogP contribution is 2.17. The highest BCUT2D eigenvalue weighted by atomic mass is 16.5. The van der Waals surface area contributed by atoms with Gasteiger partial charge in [-0.3, -0.25) is 9.78 Å². The first kappa shape index (κ1) is 14.2. The van der Waals surface area contributed by atoms with E-state index in [0.717, 1.165) is 11.3 Å². The SMILES string of the molecule is COC(=O)CC(NCc1ccccn1)c1ccccc1. The van der Waals surface area contributed by atoms with Crippen LogP contribution >= 0.6 is 0 Å². The number of carbonyl (C=O) groups excluding carboxylic acids is 1. The third-order valence-corrected chi connectivity index (χ3v) is 3.06. The van der Waals surface area contributed by atoms with E-state index in [0.29, 0.717) is 13.0 Å². The van der Waals surface area contributed by atoms with Gasteiger partial charge in [-0.05, 0) is 17.7 Å². The molecular weight excluding hydrogens is 252 g/mol. The lowest BCUT2D eigenvalue weighted by molar-refractivity contribution is -0.141. The highest BCUT2D eigenvalue weighted by Gasteiger charge is 2.15. The van der Waals surface area contributed by atoms with E-state index in [1.807, 2.05) is 48.5 Å². The van der Waals surface area contributed by atoms with Crippen LogP contribution in [0.3, 0.4) is 0 Å². The number of nitrogens with one attached hydrogen (secondary N) is 1. The van der Waals surface area contributed by atoms with E-state index in [4.69, 9.17) is 4.74 Å². The molecule has 0 aliphatic heterocycles. The van der Waals surface area contributed by atoms with Crippen molar-refractivity contribution in [1.29, 1.82) is 0 Å². The standard InChI is InChI=1S/C16H18N2O2/c1-20-16(19)11-15(13-7-3-2-4-8-13)18-12-14-9-5-6-10-17-14/h2-10,15,18H,11-12H2,1H3. The van der Waals surface area contributed by atoms with Gasteiger partial charge in [0.15, 0.2) is 0 Å². The Bertz CT molecular complexity index is 529. The van der Waals surface area contributed by atoms with E-state index < -0.39 is 0 Å². The van der Waals surface area contributed by atoms with Crippen molar-refractivity contribution in [3.8, 4) is 0 Å². The van der Waals surface area contributed by atoms with Crippen LogP contribution in [0.1, 0.15) is 23.7 Å². The fourth-order valence-corrected chi connectivity index (χ4v) is 1.97. The van der Waals surface area contributed by atoms with Gasteiger partial charge in [-0.1, -0.05) is 36.4 Å². The van der Waals surface area contributed by atoms with Crippen LogP contribution in [0.25, 0.3) is 0 Å². The third-order valence-electron chi connectivity index (χ3n) is 3.06. The first-order chi connectivity index (χ1) is 9.79. The van der Waals surface area contributed by atoms with Crippen LogP contribution in [0.15, 0.2) is 54.7 Å². The van der Waals surface area contributed by atoms with Crippen molar-refractivity contribution in [1.82, 2.24) is 10.3 Å². The van der Waals surface area contributed by atoms with Gasteiger partial charge in [0.05, 0.1) is 19.2 Å². The number of methoxy groups -OCH3 is 1. The van der Waals surface area contributed by atoms with Crippen molar-refractivity contribution in [2.75, 3.05) is 7.11 Å². The minimum absolute atomic E-state index is 0.0781. The molecule has 4 nitrogen and oxygen atoms in total. The maximum absolute atomic E-state index is 11.5. The second-order valence-electron chi connectivity index (χ2n) is 4.45. The van der Waals surface area contributed by atoms with E-state index in [2.05, 4.69) is 10.3 Å². The number of pyridine rings is 1. The Morgan fingerprint density at radius 1 is 1.20 bits per heavy atom. The van der Waals surface area contributed by atoms with Crippen molar-refractivity contribution in [3.63, 3.8) is 0 Å². The average Bonchev–Trinajstić information content (AvgIpc) is 2.53. The number of hydrogen-bond acceptors (Lipinski definition) is 4. The topological polar surface area (TPSA) is 51.2 Å². The fourth-order valence-electron chi connectivity index (χ4n) is 1.97. The predicted molar refractivity (Wildman–Crippen MR) is 76.9 cm³/mol. The molecule has 1 unspecified atom stereocenters. The molecule has 0 saturated heterocycles. The summed E-state index contributed by atoms with van der Waals surface area (Å²) in [5, 5.41) is 3.35. The highest BCUT2D eigenvalue weighted by molar-refractivity contribution is 5.70. The van der Waals surface area contributed by atoms with E-state index in [-0.39, 0.29) is 12.0 Å². The summed E-state index contributed by atoms with van der Waals surface area (Å²) >= 11 is 0. The Balaban J connectivity index is 2.05. The molecule has 2 aromatic rings. The van der Waals surface area contributed by atoms with Gasteiger partial charge in [0.25, 0.3) is 0 Å². The Kier molecular flexibility index (Phi) is 5.26. The number of esters is 1. The molecule has 0 aliphatic rings. The van der Waals surface area contributed by atoms with Gasteiger partial charge in [0.1, 0.15) is 0 Å². The van der Waals surface area contributed by atoms with Crippen molar-refractivity contribution in [2.45, 2.75) is 19.0 Å². The van der Waals surface area contributed by atoms with E-state index in [1.54, 1.807) is 6.20 Å². The molecule has 1 aromatic carbocycles. The smallest absolute Gasteiger partial charge is 0.307 e. The molecule has 1 N–H and O–H groups in total. The van der Waals surface area contributed by atoms with Crippen LogP contribution in [-0.4, -0.2) is 18.1 Å². The van der Waals surface area contributed by atoms with Gasteiger partial charge < -0.3 is 10.1 Å². The quantitative estimate of drug-likeness (QED) is 0.819. The molecule has 0 amide bonds. The van der Waals surface area contributed by atoms with E-state index in [1.165, 1.54) is 7.11 Å². The Hall–Kier alpha value is -2.20. The van der Waals surface area contributed by atoms with Gasteiger partial charge in [0, 0.05) is 18.8 Å². The Morgan fingerprint density at radius 2 is 1.95 bits per heavy atom. The maximum Gasteiger partial charge on any atom is 0.307 e. The molecule has 104 valence electrons. The minimum atomic E-state index is -0.229. The lowest BCUT2D eigenvalue weighted by Crippen LogP contribution is -2.24. The molecule has 0 fully saturated rings. The number of nitrogens with zero attached hydrogens (tertiary/aromatic N) is 1. The second-order valence-corrected chi connectivity index (χ2v) is 4.45. The molecule has 0 radical (unpaired) electrons. The monoisotopic (exact) mass is 270 g/mol. The molecule has 0 bridgehead atoms. The lowest BCUT2D eigenvalue weighted by atomic mass is 10.0. The predicted octanol–water partition coefficient (Wildman–Crippen LogP) is 2.48. The summed E-state index contributed by atoms with van der Waals surface area (Å²) < 4.78 is 4.76. The summed E-state index contributed by atoms with van der Waals surface area (Å²) in [5.41, 5.74) is 2.01. The number of rotatable bonds is 6. The number of benzene rings is 1. The molecule has 4 heteroatoms. The molecule has 20 heavy (non-hydrogen) atoms. The van der Waals surface area contributed by atoms with Crippen molar-refractivity contribution in [3.05, 3.63) is 66.0 Å². The zero-order chi connectivity index (χ0) is 14.2. The molecule has 1 heterocycles. The lowest BCUT2D eigenvalue weighted by Gasteiger charge is -2.18. The van der Waals surface area contributed by atoms with Crippen LogP contribution in [0.2, 0.25) is 0 Å². The maximum atomic E-state index is 11.5. The molecule has 1 atom stereocenters. The van der Waals surface area contributed by atoms with Gasteiger partial charge in [-0.15, -0.1) is 0 Å². The first-order valence-electron chi connectivity index (χ1n) is 6.54. The summed E-state index contributed by atoms with van der Waals surface area (Å²) in [5.74, 6) is -0.229. The van der Waals surface area contributed by atoms with Crippen LogP contribution in [0, 0.1) is 0 Å². The van der Waals surface area contributed by atoms with Crippen LogP contribution in [-0.2, 0) is 16.1 Å². The normalized spacial score (nSPS) is 11.8. The molecule has 0 spiro atoms. The molecule has 0 aliphatic carbocycles. The van der Waals surface area contributed by atoms with E-state index in [9.17, 15) is 4.79 Å². The summed E-state index contributed by atoms with van der Waals surface area (Å²) in [7, 11) is 1.41. The molecular formula is C16H18N2O2. The van der Waals surface area contributed by atoms with Gasteiger partial charge in [-0.25, -0.2) is 0 Å². The van der Waals surface area contributed by atoms with Crippen molar-refractivity contribution < 1.29 is 9.53 Å². The minimum Gasteiger partial charge on any atom is -0.469 e. The zero-order valence-corrected chi connectivity index (χ0v) is 11.5. The summed E-state index contributed by atoms with van der Waals surface area (Å²) in [4.78, 5) is 15.8. The van der Waals surface area contributed by atoms with Crippen LogP contribution < -0.4 is 5.32 Å². The second kappa shape index (κ2) is 7.40. The number of hydrogen-bond donors (Lipinski definition) is 1. The third kappa shape index (κ3) is 4.17. The zero-order valence-electron chi connectivity index (χ0n) is 11.5. The van der Waals surface area contributed by atoms with Crippen molar-refractivity contribution >= 4 is 5.97 Å². The first-order valence-corrected chi connectivity index (χ1v) is 6.54. The van der Waals surface area contributed by atoms with Crippen molar-refractivity contribution in [2.24, 2.45) is 0 Å². The van der Waals surface area contributed by atoms with Crippen LogP contribution in [0.4, 0.5) is 0 Å². The number of carbonyl (C=O) groups is 1. The number of aromatic nitrogens is 1. The van der Waals surface area contributed by atoms with Gasteiger partial charge in [-0.2, -0.15) is 0 Å². The van der Waals surface area contributed by atoms with Gasteiger partial charge in [0.2, 0.25) is 0 Å². The molecule has 0 saturated carbocycles. The van der Waals surface area contributed by atoms with Gasteiger partial charge >= 0.3 is 5.97 Å². The largest absolute Gasteiger partial charge is 0.469 e. The summed E-state index contributed by atoms with van der Waals surface area (Å²) in [6, 6.07) is 15.6. The fraction of sp³-hybridized carbons (Fsp3) is 0.250. The summed E-state index contributed by atoms with van der Waals surface area (Å²) in [6.45, 7) is 0.609. The summed E-state index contributed by atoms with van der Waals surface area (Å²) in [6.07, 6.45) is 2.06. The number of ether oxygens (including phenoxy) is 1. The average molecular weight is 270 g/mol. The molecule has 2 rings (SSSR count).